The minimum atomic E-state index is 0.895. The molecule has 3 heteroatoms. The summed E-state index contributed by atoms with van der Waals surface area (Å²) in [6, 6.07) is 66.1. The van der Waals surface area contributed by atoms with Crippen LogP contribution in [0.5, 0.6) is 0 Å². The minimum Gasteiger partial charge on any atom is -0.456 e. The summed E-state index contributed by atoms with van der Waals surface area (Å²) < 4.78 is 11.2. The van der Waals surface area contributed by atoms with Crippen LogP contribution in [0.1, 0.15) is 0 Å². The van der Waals surface area contributed by atoms with Crippen molar-refractivity contribution >= 4 is 87.1 Å². The van der Waals surface area contributed by atoms with Crippen LogP contribution in [0.4, 0.5) is 0 Å². The predicted octanol–water partition coefficient (Wildman–Crippen LogP) is 13.8. The zero-order valence-corrected chi connectivity index (χ0v) is 28.6. The van der Waals surface area contributed by atoms with Crippen molar-refractivity contribution in [3.63, 3.8) is 0 Å². The zero-order chi connectivity index (χ0) is 34.6. The monoisotopic (exact) mass is 674 g/mol. The molecule has 0 aliphatic carbocycles. The van der Waals surface area contributed by atoms with E-state index in [-0.39, 0.29) is 0 Å². The Kier molecular flexibility index (Phi) is 5.77. The Labute approximate surface area is 304 Å². The van der Waals surface area contributed by atoms with E-state index in [1.165, 1.54) is 82.0 Å². The van der Waals surface area contributed by atoms with Crippen LogP contribution >= 0.6 is 0 Å². The molecule has 0 amide bonds. The van der Waals surface area contributed by atoms with Crippen molar-refractivity contribution in [3.05, 3.63) is 182 Å². The Morgan fingerprint density at radius 1 is 0.321 bits per heavy atom. The van der Waals surface area contributed by atoms with E-state index in [2.05, 4.69) is 179 Å². The van der Waals surface area contributed by atoms with Gasteiger partial charge < -0.3 is 13.6 Å². The fourth-order valence-electron chi connectivity index (χ4n) is 8.90. The lowest BCUT2D eigenvalue weighted by atomic mass is 10.00. The van der Waals surface area contributed by atoms with E-state index in [0.29, 0.717) is 0 Å². The van der Waals surface area contributed by atoms with Gasteiger partial charge in [-0.2, -0.15) is 0 Å². The number of furan rings is 1. The molecule has 3 heterocycles. The summed E-state index contributed by atoms with van der Waals surface area (Å²) in [6.07, 6.45) is 0. The highest BCUT2D eigenvalue weighted by atomic mass is 16.3. The molecule has 0 bridgehead atoms. The Morgan fingerprint density at radius 3 is 1.74 bits per heavy atom. The molecule has 246 valence electrons. The van der Waals surface area contributed by atoms with E-state index in [0.717, 1.165) is 27.6 Å². The smallest absolute Gasteiger partial charge is 0.137 e. The van der Waals surface area contributed by atoms with E-state index in [1.54, 1.807) is 0 Å². The molecule has 12 rings (SSSR count). The van der Waals surface area contributed by atoms with Crippen molar-refractivity contribution in [1.82, 2.24) is 9.13 Å². The summed E-state index contributed by atoms with van der Waals surface area (Å²) in [4.78, 5) is 0. The van der Waals surface area contributed by atoms with Gasteiger partial charge in [0.25, 0.3) is 0 Å². The first kappa shape index (κ1) is 28.6. The van der Waals surface area contributed by atoms with E-state index in [4.69, 9.17) is 4.42 Å². The number of rotatable bonds is 3. The van der Waals surface area contributed by atoms with Gasteiger partial charge >= 0.3 is 0 Å². The lowest BCUT2D eigenvalue weighted by Crippen LogP contribution is -1.95. The number of aromatic nitrogens is 2. The Morgan fingerprint density at radius 2 is 0.906 bits per heavy atom. The number of hydrogen-bond donors (Lipinski definition) is 0. The van der Waals surface area contributed by atoms with Crippen molar-refractivity contribution in [2.24, 2.45) is 0 Å². The van der Waals surface area contributed by atoms with Crippen molar-refractivity contribution in [2.75, 3.05) is 0 Å². The van der Waals surface area contributed by atoms with Gasteiger partial charge in [-0.25, -0.2) is 0 Å². The normalized spacial score (nSPS) is 12.2. The predicted molar refractivity (Wildman–Crippen MR) is 223 cm³/mol. The molecule has 0 N–H and O–H groups in total. The van der Waals surface area contributed by atoms with Crippen LogP contribution in [0.15, 0.2) is 186 Å². The highest BCUT2D eigenvalue weighted by molar-refractivity contribution is 6.20. The van der Waals surface area contributed by atoms with Crippen LogP contribution in [-0.2, 0) is 0 Å². The van der Waals surface area contributed by atoms with Gasteiger partial charge in [0.05, 0.1) is 27.8 Å². The first-order valence-corrected chi connectivity index (χ1v) is 18.2. The highest BCUT2D eigenvalue weighted by Gasteiger charge is 2.19. The molecular weight excluding hydrogens is 645 g/mol. The molecule has 0 fully saturated rings. The number of benzene rings is 9. The van der Waals surface area contributed by atoms with Crippen LogP contribution < -0.4 is 0 Å². The van der Waals surface area contributed by atoms with E-state index < -0.39 is 0 Å². The fraction of sp³-hybridized carbons (Fsp3) is 0. The maximum absolute atomic E-state index is 6.38. The third-order valence-corrected chi connectivity index (χ3v) is 11.3. The van der Waals surface area contributed by atoms with Gasteiger partial charge in [-0.15, -0.1) is 0 Å². The maximum Gasteiger partial charge on any atom is 0.137 e. The standard InChI is InChI=1S/C50H30N2O/c1-3-13-36-31(10-1)12-9-18-44(36)52-45-17-7-5-15-38(45)42-28-33(22-27-47(42)52)34-21-26-46-43(29-34)41-24-20-32-11-2-4-14-37(32)50(41)51(46)35-23-25-40-39-16-6-8-19-48(39)53-49(40)30-35/h1-30H. The second-order valence-corrected chi connectivity index (χ2v) is 14.1. The second kappa shape index (κ2) is 10.7. The fourth-order valence-corrected chi connectivity index (χ4v) is 8.90. The van der Waals surface area contributed by atoms with Crippen molar-refractivity contribution in [1.29, 1.82) is 0 Å². The first-order valence-electron chi connectivity index (χ1n) is 18.2. The molecule has 0 radical (unpaired) electrons. The van der Waals surface area contributed by atoms with Crippen LogP contribution in [0, 0.1) is 0 Å². The summed E-state index contributed by atoms with van der Waals surface area (Å²) >= 11 is 0. The molecule has 0 aliphatic heterocycles. The molecule has 0 unspecified atom stereocenters. The first-order chi connectivity index (χ1) is 26.3. The Hall–Kier alpha value is -7.10. The zero-order valence-electron chi connectivity index (χ0n) is 28.6. The van der Waals surface area contributed by atoms with E-state index in [9.17, 15) is 0 Å². The van der Waals surface area contributed by atoms with E-state index >= 15 is 0 Å². The number of fused-ring (bicyclic) bond motifs is 12. The van der Waals surface area contributed by atoms with E-state index in [1.807, 2.05) is 12.1 Å². The molecule has 0 atom stereocenters. The average Bonchev–Trinajstić information content (AvgIpc) is 3.87. The molecular formula is C50H30N2O. The third kappa shape index (κ3) is 4.05. The van der Waals surface area contributed by atoms with Gasteiger partial charge in [0.15, 0.2) is 0 Å². The maximum atomic E-state index is 6.38. The molecule has 0 saturated carbocycles. The molecule has 0 saturated heterocycles. The lowest BCUT2D eigenvalue weighted by Gasteiger charge is -2.12. The second-order valence-electron chi connectivity index (χ2n) is 14.1. The van der Waals surface area contributed by atoms with Crippen LogP contribution in [-0.4, -0.2) is 9.13 Å². The van der Waals surface area contributed by atoms with Crippen LogP contribution in [0.25, 0.3) is 110 Å². The van der Waals surface area contributed by atoms with Crippen molar-refractivity contribution in [2.45, 2.75) is 0 Å². The molecule has 9 aromatic carbocycles. The molecule has 3 aromatic heterocycles. The van der Waals surface area contributed by atoms with Gasteiger partial charge in [0, 0.05) is 54.8 Å². The van der Waals surface area contributed by atoms with Crippen molar-refractivity contribution in [3.8, 4) is 22.5 Å². The Balaban J connectivity index is 1.09. The minimum absolute atomic E-state index is 0.895. The molecule has 0 aliphatic rings. The summed E-state index contributed by atoms with van der Waals surface area (Å²) in [5, 5.41) is 12.2. The molecule has 12 aromatic rings. The van der Waals surface area contributed by atoms with Gasteiger partial charge in [-0.3, -0.25) is 0 Å². The summed E-state index contributed by atoms with van der Waals surface area (Å²) in [5.74, 6) is 0. The molecule has 53 heavy (non-hydrogen) atoms. The van der Waals surface area contributed by atoms with Crippen LogP contribution in [0.2, 0.25) is 0 Å². The van der Waals surface area contributed by atoms with Gasteiger partial charge in [0.1, 0.15) is 11.2 Å². The topological polar surface area (TPSA) is 23.0 Å². The number of hydrogen-bond acceptors (Lipinski definition) is 1. The quantitative estimate of drug-likeness (QED) is 0.183. The summed E-state index contributed by atoms with van der Waals surface area (Å²) in [7, 11) is 0. The highest BCUT2D eigenvalue weighted by Crippen LogP contribution is 2.41. The van der Waals surface area contributed by atoms with Gasteiger partial charge in [-0.1, -0.05) is 121 Å². The number of nitrogens with zero attached hydrogens (tertiary/aromatic N) is 2. The van der Waals surface area contributed by atoms with Gasteiger partial charge in [0.2, 0.25) is 0 Å². The molecule has 3 nitrogen and oxygen atoms in total. The molecule has 0 spiro atoms. The van der Waals surface area contributed by atoms with Crippen LogP contribution in [0.3, 0.4) is 0 Å². The lowest BCUT2D eigenvalue weighted by molar-refractivity contribution is 0.668. The van der Waals surface area contributed by atoms with Crippen molar-refractivity contribution < 1.29 is 4.42 Å². The Bertz CT molecular complexity index is 3460. The average molecular weight is 675 g/mol. The summed E-state index contributed by atoms with van der Waals surface area (Å²) in [5.41, 5.74) is 11.3. The van der Waals surface area contributed by atoms with Gasteiger partial charge in [-0.05, 0) is 76.5 Å². The SMILES string of the molecule is c1ccc2c(-n3c4ccccc4c4cc(-c5ccc6c(c5)c5ccc7ccccc7c5n6-c5ccc6c(c5)oc5ccccc56)ccc43)cccc2c1. The largest absolute Gasteiger partial charge is 0.456 e. The third-order valence-electron chi connectivity index (χ3n) is 11.3. The number of para-hydroxylation sites is 2. The summed E-state index contributed by atoms with van der Waals surface area (Å²) in [6.45, 7) is 0.